The van der Waals surface area contributed by atoms with Crippen LogP contribution < -0.4 is 10.1 Å². The Kier molecular flexibility index (Phi) is 5.80. The lowest BCUT2D eigenvalue weighted by Crippen LogP contribution is -2.30. The summed E-state index contributed by atoms with van der Waals surface area (Å²) >= 11 is 7.72. The number of ether oxygens (including phenoxy) is 1. The Labute approximate surface area is 139 Å². The van der Waals surface area contributed by atoms with Gasteiger partial charge in [0.25, 0.3) is 5.91 Å². The minimum Gasteiger partial charge on any atom is -0.484 e. The summed E-state index contributed by atoms with van der Waals surface area (Å²) in [5, 5.41) is 6.61. The first-order valence-corrected chi connectivity index (χ1v) is 8.28. The van der Waals surface area contributed by atoms with E-state index < -0.39 is 0 Å². The predicted octanol–water partition coefficient (Wildman–Crippen LogP) is 3.46. The Balaban J connectivity index is 1.76. The van der Waals surface area contributed by atoms with Crippen molar-refractivity contribution >= 4 is 28.8 Å². The van der Waals surface area contributed by atoms with Crippen LogP contribution in [0.5, 0.6) is 5.75 Å². The minimum atomic E-state index is -0.141. The van der Waals surface area contributed by atoms with E-state index in [0.29, 0.717) is 12.3 Å². The molecule has 2 aromatic rings. The minimum absolute atomic E-state index is 0.00337. The van der Waals surface area contributed by atoms with Crippen LogP contribution in [0.15, 0.2) is 17.5 Å². The Bertz CT molecular complexity index is 647. The number of carbonyl (C=O) groups is 1. The van der Waals surface area contributed by atoms with Gasteiger partial charge < -0.3 is 10.1 Å². The van der Waals surface area contributed by atoms with Gasteiger partial charge in [-0.2, -0.15) is 0 Å². The molecule has 22 heavy (non-hydrogen) atoms. The Morgan fingerprint density at radius 3 is 2.59 bits per heavy atom. The summed E-state index contributed by atoms with van der Waals surface area (Å²) < 4.78 is 5.51. The standard InChI is InChI=1S/C16H19ClN2O2S/c1-10-6-14(7-11(2)16(10)17)21-8-15(20)18-5-4-13-9-22-12(3)19-13/h6-7,9H,4-5,8H2,1-3H3,(H,18,20). The highest BCUT2D eigenvalue weighted by atomic mass is 35.5. The third-order valence-electron chi connectivity index (χ3n) is 3.15. The SMILES string of the molecule is Cc1nc(CCNC(=O)COc2cc(C)c(Cl)c(C)c2)cs1. The Hall–Kier alpha value is -1.59. The van der Waals surface area contributed by atoms with Crippen LogP contribution in [-0.2, 0) is 11.2 Å². The summed E-state index contributed by atoms with van der Waals surface area (Å²) in [6.45, 7) is 6.35. The van der Waals surface area contributed by atoms with Gasteiger partial charge in [-0.25, -0.2) is 4.98 Å². The Morgan fingerprint density at radius 1 is 1.32 bits per heavy atom. The number of thiazole rings is 1. The van der Waals surface area contributed by atoms with E-state index in [4.69, 9.17) is 16.3 Å². The monoisotopic (exact) mass is 338 g/mol. The van der Waals surface area contributed by atoms with Crippen molar-refractivity contribution in [2.24, 2.45) is 0 Å². The van der Waals surface area contributed by atoms with Gasteiger partial charge in [0, 0.05) is 23.4 Å². The molecule has 0 atom stereocenters. The van der Waals surface area contributed by atoms with E-state index in [1.807, 2.05) is 38.3 Å². The predicted molar refractivity (Wildman–Crippen MR) is 90.0 cm³/mol. The maximum atomic E-state index is 11.8. The highest BCUT2D eigenvalue weighted by Crippen LogP contribution is 2.25. The lowest BCUT2D eigenvalue weighted by Gasteiger charge is -2.10. The van der Waals surface area contributed by atoms with Crippen molar-refractivity contribution < 1.29 is 9.53 Å². The molecule has 0 bridgehead atoms. The van der Waals surface area contributed by atoms with Crippen LogP contribution in [0.4, 0.5) is 0 Å². The average molecular weight is 339 g/mol. The fourth-order valence-corrected chi connectivity index (χ4v) is 2.80. The molecule has 0 radical (unpaired) electrons. The second kappa shape index (κ2) is 7.61. The number of aromatic nitrogens is 1. The van der Waals surface area contributed by atoms with E-state index in [1.165, 1.54) is 0 Å². The van der Waals surface area contributed by atoms with E-state index in [0.717, 1.165) is 33.3 Å². The number of amides is 1. The first-order valence-electron chi connectivity index (χ1n) is 7.03. The van der Waals surface area contributed by atoms with Crippen LogP contribution in [-0.4, -0.2) is 24.0 Å². The van der Waals surface area contributed by atoms with Gasteiger partial charge >= 0.3 is 0 Å². The van der Waals surface area contributed by atoms with E-state index in [-0.39, 0.29) is 12.5 Å². The van der Waals surface area contributed by atoms with Gasteiger partial charge in [0.2, 0.25) is 0 Å². The molecular formula is C16H19ClN2O2S. The van der Waals surface area contributed by atoms with Crippen molar-refractivity contribution in [3.8, 4) is 5.75 Å². The number of benzene rings is 1. The lowest BCUT2D eigenvalue weighted by molar-refractivity contribution is -0.123. The zero-order valence-electron chi connectivity index (χ0n) is 12.9. The molecule has 4 nitrogen and oxygen atoms in total. The molecule has 1 amide bonds. The van der Waals surface area contributed by atoms with Crippen molar-refractivity contribution in [2.45, 2.75) is 27.2 Å². The topological polar surface area (TPSA) is 51.2 Å². The van der Waals surface area contributed by atoms with Gasteiger partial charge in [-0.3, -0.25) is 4.79 Å². The molecular weight excluding hydrogens is 320 g/mol. The van der Waals surface area contributed by atoms with Gasteiger partial charge in [-0.15, -0.1) is 11.3 Å². The molecule has 1 aromatic carbocycles. The average Bonchev–Trinajstić information content (AvgIpc) is 2.88. The molecule has 0 saturated carbocycles. The van der Waals surface area contributed by atoms with Gasteiger partial charge in [0.05, 0.1) is 10.7 Å². The third-order valence-corrected chi connectivity index (χ3v) is 4.57. The molecule has 0 aliphatic heterocycles. The molecule has 0 aliphatic rings. The molecule has 0 saturated heterocycles. The van der Waals surface area contributed by atoms with Gasteiger partial charge in [-0.05, 0) is 44.0 Å². The number of nitrogens with zero attached hydrogens (tertiary/aromatic N) is 1. The number of aryl methyl sites for hydroxylation is 3. The number of halogens is 1. The Morgan fingerprint density at radius 2 is 2.00 bits per heavy atom. The quantitative estimate of drug-likeness (QED) is 0.877. The van der Waals surface area contributed by atoms with Gasteiger partial charge in [-0.1, -0.05) is 11.6 Å². The molecule has 0 aliphatic carbocycles. The molecule has 118 valence electrons. The zero-order valence-corrected chi connectivity index (χ0v) is 14.5. The number of hydrogen-bond acceptors (Lipinski definition) is 4. The number of carbonyl (C=O) groups excluding carboxylic acids is 1. The van der Waals surface area contributed by atoms with Crippen LogP contribution in [0.2, 0.25) is 5.02 Å². The van der Waals surface area contributed by atoms with Gasteiger partial charge in [0.15, 0.2) is 6.61 Å². The number of nitrogens with one attached hydrogen (secondary N) is 1. The largest absolute Gasteiger partial charge is 0.484 e. The normalized spacial score (nSPS) is 10.5. The van der Waals surface area contributed by atoms with Crippen LogP contribution in [0.1, 0.15) is 21.8 Å². The number of rotatable bonds is 6. The van der Waals surface area contributed by atoms with Crippen LogP contribution in [0.3, 0.4) is 0 Å². The third kappa shape index (κ3) is 4.71. The summed E-state index contributed by atoms with van der Waals surface area (Å²) in [6.07, 6.45) is 0.731. The van der Waals surface area contributed by atoms with Crippen LogP contribution in [0.25, 0.3) is 0 Å². The summed E-state index contributed by atoms with van der Waals surface area (Å²) in [6, 6.07) is 3.67. The van der Waals surface area contributed by atoms with Crippen molar-refractivity contribution in [3.05, 3.63) is 44.4 Å². The van der Waals surface area contributed by atoms with Crippen LogP contribution >= 0.6 is 22.9 Å². The van der Waals surface area contributed by atoms with E-state index in [9.17, 15) is 4.79 Å². The highest BCUT2D eigenvalue weighted by molar-refractivity contribution is 7.09. The molecule has 1 heterocycles. The summed E-state index contributed by atoms with van der Waals surface area (Å²) in [7, 11) is 0. The first kappa shape index (κ1) is 16.8. The van der Waals surface area contributed by atoms with Crippen molar-refractivity contribution in [2.75, 3.05) is 13.2 Å². The lowest BCUT2D eigenvalue weighted by atomic mass is 10.1. The molecule has 6 heteroatoms. The maximum Gasteiger partial charge on any atom is 0.257 e. The second-order valence-electron chi connectivity index (χ2n) is 5.12. The molecule has 1 N–H and O–H groups in total. The molecule has 0 unspecified atom stereocenters. The fraction of sp³-hybridized carbons (Fsp3) is 0.375. The summed E-state index contributed by atoms with van der Waals surface area (Å²) in [5.74, 6) is 0.516. The zero-order chi connectivity index (χ0) is 16.1. The fourth-order valence-electron chi connectivity index (χ4n) is 2.04. The van der Waals surface area contributed by atoms with E-state index in [2.05, 4.69) is 10.3 Å². The summed E-state index contributed by atoms with van der Waals surface area (Å²) in [4.78, 5) is 16.1. The molecule has 1 aromatic heterocycles. The molecule has 0 spiro atoms. The molecule has 0 fully saturated rings. The van der Waals surface area contributed by atoms with Crippen molar-refractivity contribution in [1.29, 1.82) is 0 Å². The smallest absolute Gasteiger partial charge is 0.257 e. The second-order valence-corrected chi connectivity index (χ2v) is 6.56. The van der Waals surface area contributed by atoms with Crippen molar-refractivity contribution in [3.63, 3.8) is 0 Å². The first-order chi connectivity index (χ1) is 10.5. The van der Waals surface area contributed by atoms with E-state index >= 15 is 0 Å². The maximum absolute atomic E-state index is 11.8. The highest BCUT2D eigenvalue weighted by Gasteiger charge is 2.07. The van der Waals surface area contributed by atoms with Crippen molar-refractivity contribution in [1.82, 2.24) is 10.3 Å². The molecule has 2 rings (SSSR count). The number of hydrogen-bond donors (Lipinski definition) is 1. The van der Waals surface area contributed by atoms with Gasteiger partial charge in [0.1, 0.15) is 5.75 Å². The van der Waals surface area contributed by atoms with Crippen LogP contribution in [0, 0.1) is 20.8 Å². The summed E-state index contributed by atoms with van der Waals surface area (Å²) in [5.41, 5.74) is 2.89. The van der Waals surface area contributed by atoms with E-state index in [1.54, 1.807) is 11.3 Å².